The second-order valence-electron chi connectivity index (χ2n) is 6.29. The van der Waals surface area contributed by atoms with Crippen LogP contribution in [-0.4, -0.2) is 25.5 Å². The van der Waals surface area contributed by atoms with Crippen molar-refractivity contribution in [2.45, 2.75) is 96.8 Å². The van der Waals surface area contributed by atoms with Crippen LogP contribution in [-0.2, 0) is 14.3 Å². The summed E-state index contributed by atoms with van der Waals surface area (Å²) in [5, 5.41) is 2.97. The number of hydrogen-bond donors (Lipinski definition) is 1. The van der Waals surface area contributed by atoms with Crippen molar-refractivity contribution >= 4 is 5.97 Å². The molecule has 1 rings (SSSR count). The Balaban J connectivity index is 1.75. The zero-order valence-electron chi connectivity index (χ0n) is 14.4. The van der Waals surface area contributed by atoms with Gasteiger partial charge in [-0.2, -0.15) is 0 Å². The first-order valence-corrected chi connectivity index (χ1v) is 9.37. The molecule has 1 unspecified atom stereocenters. The summed E-state index contributed by atoms with van der Waals surface area (Å²) < 4.78 is 10.3. The number of rotatable bonds is 14. The van der Waals surface area contributed by atoms with E-state index in [-0.39, 0.29) is 5.97 Å². The highest BCUT2D eigenvalue weighted by Gasteiger charge is 2.18. The maximum absolute atomic E-state index is 11.5. The van der Waals surface area contributed by atoms with E-state index in [1.807, 2.05) is 0 Å². The van der Waals surface area contributed by atoms with Crippen LogP contribution in [0.3, 0.4) is 0 Å². The molecular formula is C18H35NO3. The number of hydrogen-bond acceptors (Lipinski definition) is 4. The molecule has 0 amide bonds. The molecule has 1 fully saturated rings. The van der Waals surface area contributed by atoms with Gasteiger partial charge in [-0.05, 0) is 6.42 Å². The van der Waals surface area contributed by atoms with Crippen molar-refractivity contribution in [3.63, 3.8) is 0 Å². The summed E-state index contributed by atoms with van der Waals surface area (Å²) in [6.45, 7) is 3.65. The van der Waals surface area contributed by atoms with Gasteiger partial charge in [0.25, 0.3) is 6.41 Å². The van der Waals surface area contributed by atoms with Gasteiger partial charge in [0, 0.05) is 13.0 Å². The minimum atomic E-state index is -0.509. The minimum absolute atomic E-state index is 0.147. The Bertz CT molecular complexity index is 265. The van der Waals surface area contributed by atoms with Crippen LogP contribution in [0.15, 0.2) is 0 Å². The molecule has 1 atom stereocenters. The largest absolute Gasteiger partial charge is 0.421 e. The second kappa shape index (κ2) is 14.0. The fraction of sp³-hybridized carbons (Fsp3) is 0.944. The van der Waals surface area contributed by atoms with Gasteiger partial charge in [0.05, 0.1) is 6.61 Å². The van der Waals surface area contributed by atoms with E-state index in [1.165, 1.54) is 64.2 Å². The van der Waals surface area contributed by atoms with E-state index in [1.54, 1.807) is 0 Å². The maximum Gasteiger partial charge on any atom is 0.309 e. The summed E-state index contributed by atoms with van der Waals surface area (Å²) in [4.78, 5) is 11.5. The summed E-state index contributed by atoms with van der Waals surface area (Å²) in [5.74, 6) is -0.147. The molecule has 1 aliphatic heterocycles. The normalized spacial score (nSPS) is 17.8. The predicted molar refractivity (Wildman–Crippen MR) is 89.5 cm³/mol. The lowest BCUT2D eigenvalue weighted by Gasteiger charge is -2.10. The smallest absolute Gasteiger partial charge is 0.309 e. The van der Waals surface area contributed by atoms with Gasteiger partial charge in [-0.1, -0.05) is 77.6 Å². The molecule has 1 heterocycles. The fourth-order valence-electron chi connectivity index (χ4n) is 2.77. The molecule has 4 heteroatoms. The summed E-state index contributed by atoms with van der Waals surface area (Å²) in [7, 11) is 0. The van der Waals surface area contributed by atoms with Crippen molar-refractivity contribution < 1.29 is 14.3 Å². The van der Waals surface area contributed by atoms with E-state index in [0.717, 1.165) is 19.4 Å². The van der Waals surface area contributed by atoms with Crippen LogP contribution in [0, 0.1) is 0 Å². The Kier molecular flexibility index (Phi) is 12.4. The molecule has 0 aromatic heterocycles. The summed E-state index contributed by atoms with van der Waals surface area (Å²) in [6.07, 6.45) is 15.7. The zero-order valence-corrected chi connectivity index (χ0v) is 14.4. The molecule has 0 aromatic rings. The first kappa shape index (κ1) is 19.4. The molecule has 130 valence electrons. The highest BCUT2D eigenvalue weighted by molar-refractivity contribution is 5.69. The Morgan fingerprint density at radius 3 is 2.00 bits per heavy atom. The number of carbonyl (C=O) groups is 1. The molecule has 1 aliphatic rings. The van der Waals surface area contributed by atoms with Gasteiger partial charge in [-0.3, -0.25) is 10.1 Å². The van der Waals surface area contributed by atoms with Crippen LogP contribution in [0.25, 0.3) is 0 Å². The number of ether oxygens (including phenoxy) is 2. The molecule has 0 saturated carbocycles. The van der Waals surface area contributed by atoms with E-state index in [9.17, 15) is 4.79 Å². The lowest BCUT2D eigenvalue weighted by Crippen LogP contribution is -2.28. The highest BCUT2D eigenvalue weighted by atomic mass is 16.7. The van der Waals surface area contributed by atoms with Crippen LogP contribution in [0.1, 0.15) is 90.4 Å². The third-order valence-corrected chi connectivity index (χ3v) is 4.16. The molecule has 0 aliphatic carbocycles. The molecule has 1 N–H and O–H groups in total. The molecule has 4 nitrogen and oxygen atoms in total. The van der Waals surface area contributed by atoms with Gasteiger partial charge < -0.3 is 9.47 Å². The first-order valence-electron chi connectivity index (χ1n) is 9.37. The molecule has 0 radical (unpaired) electrons. The van der Waals surface area contributed by atoms with E-state index in [0.29, 0.717) is 13.0 Å². The van der Waals surface area contributed by atoms with Gasteiger partial charge in [0.2, 0.25) is 0 Å². The van der Waals surface area contributed by atoms with E-state index in [2.05, 4.69) is 12.2 Å². The van der Waals surface area contributed by atoms with Crippen LogP contribution in [0.5, 0.6) is 0 Å². The highest BCUT2D eigenvalue weighted by Crippen LogP contribution is 2.12. The summed E-state index contributed by atoms with van der Waals surface area (Å²) in [5.41, 5.74) is 0. The van der Waals surface area contributed by atoms with E-state index in [4.69, 9.17) is 9.47 Å². The molecule has 0 aromatic carbocycles. The Morgan fingerprint density at radius 1 is 0.955 bits per heavy atom. The van der Waals surface area contributed by atoms with Crippen molar-refractivity contribution in [3.8, 4) is 0 Å². The van der Waals surface area contributed by atoms with Crippen molar-refractivity contribution in [2.24, 2.45) is 0 Å². The third kappa shape index (κ3) is 11.0. The van der Waals surface area contributed by atoms with Crippen LogP contribution in [0.4, 0.5) is 0 Å². The van der Waals surface area contributed by atoms with Crippen molar-refractivity contribution in [1.82, 2.24) is 5.32 Å². The van der Waals surface area contributed by atoms with Crippen molar-refractivity contribution in [1.29, 1.82) is 0 Å². The molecule has 0 spiro atoms. The molecule has 1 saturated heterocycles. The molecular weight excluding hydrogens is 278 g/mol. The Hall–Kier alpha value is -0.610. The minimum Gasteiger partial charge on any atom is -0.421 e. The summed E-state index contributed by atoms with van der Waals surface area (Å²) >= 11 is 0. The van der Waals surface area contributed by atoms with Crippen LogP contribution < -0.4 is 5.32 Å². The van der Waals surface area contributed by atoms with Gasteiger partial charge >= 0.3 is 5.97 Å². The number of carbonyl (C=O) groups excluding carboxylic acids is 1. The molecule has 22 heavy (non-hydrogen) atoms. The standard InChI is InChI=1S/C18H35NO3/c1-2-3-4-5-6-7-8-9-10-11-12-13-14-17(20)22-18-19-15-16-21-18/h18-19H,2-16H2,1H3. The van der Waals surface area contributed by atoms with E-state index >= 15 is 0 Å². The Labute approximate surface area is 136 Å². The zero-order chi connectivity index (χ0) is 15.9. The lowest BCUT2D eigenvalue weighted by molar-refractivity contribution is -0.173. The maximum atomic E-state index is 11.5. The Morgan fingerprint density at radius 2 is 1.50 bits per heavy atom. The second-order valence-corrected chi connectivity index (χ2v) is 6.29. The SMILES string of the molecule is CCCCCCCCCCCCCCC(=O)OC1NCCO1. The van der Waals surface area contributed by atoms with Gasteiger partial charge in [-0.25, -0.2) is 0 Å². The van der Waals surface area contributed by atoms with Crippen LogP contribution in [0.2, 0.25) is 0 Å². The van der Waals surface area contributed by atoms with Gasteiger partial charge in [0.15, 0.2) is 0 Å². The quantitative estimate of drug-likeness (QED) is 0.378. The molecule has 0 bridgehead atoms. The van der Waals surface area contributed by atoms with E-state index < -0.39 is 6.41 Å². The number of unbranched alkanes of at least 4 members (excludes halogenated alkanes) is 11. The average molecular weight is 313 g/mol. The lowest BCUT2D eigenvalue weighted by atomic mass is 10.0. The van der Waals surface area contributed by atoms with Gasteiger partial charge in [0.1, 0.15) is 0 Å². The summed E-state index contributed by atoms with van der Waals surface area (Å²) in [6, 6.07) is 0. The monoisotopic (exact) mass is 313 g/mol. The van der Waals surface area contributed by atoms with Crippen LogP contribution >= 0.6 is 0 Å². The van der Waals surface area contributed by atoms with Crippen molar-refractivity contribution in [2.75, 3.05) is 13.2 Å². The van der Waals surface area contributed by atoms with Crippen molar-refractivity contribution in [3.05, 3.63) is 0 Å². The topological polar surface area (TPSA) is 47.6 Å². The predicted octanol–water partition coefficient (Wildman–Crippen LogP) is 4.52. The number of nitrogens with one attached hydrogen (secondary N) is 1. The first-order chi connectivity index (χ1) is 10.8. The third-order valence-electron chi connectivity index (χ3n) is 4.16. The average Bonchev–Trinajstić information content (AvgIpc) is 3.01. The fourth-order valence-corrected chi connectivity index (χ4v) is 2.77. The van der Waals surface area contributed by atoms with Gasteiger partial charge in [-0.15, -0.1) is 0 Å². The number of esters is 1.